The SMILES string of the molecule is O=C(c1cccc(OC2CC2)c1)c1cnccn1. The number of aromatic nitrogens is 2. The summed E-state index contributed by atoms with van der Waals surface area (Å²) < 4.78 is 5.66. The lowest BCUT2D eigenvalue weighted by atomic mass is 10.1. The summed E-state index contributed by atoms with van der Waals surface area (Å²) in [6.45, 7) is 0. The Kier molecular flexibility index (Phi) is 2.76. The third-order valence-corrected chi connectivity index (χ3v) is 2.72. The van der Waals surface area contributed by atoms with Gasteiger partial charge < -0.3 is 4.74 Å². The van der Waals surface area contributed by atoms with Crippen LogP contribution in [0, 0.1) is 0 Å². The smallest absolute Gasteiger partial charge is 0.213 e. The number of nitrogens with zero attached hydrogens (tertiary/aromatic N) is 2. The van der Waals surface area contributed by atoms with E-state index in [1.807, 2.05) is 12.1 Å². The van der Waals surface area contributed by atoms with E-state index in [1.54, 1.807) is 18.3 Å². The standard InChI is InChI=1S/C14H12N2O2/c17-14(13-9-15-6-7-16-13)10-2-1-3-12(8-10)18-11-4-5-11/h1-3,6-9,11H,4-5H2. The summed E-state index contributed by atoms with van der Waals surface area (Å²) in [6, 6.07) is 7.21. The Morgan fingerprint density at radius 3 is 2.89 bits per heavy atom. The molecule has 1 aliphatic carbocycles. The fourth-order valence-corrected chi connectivity index (χ4v) is 1.65. The molecule has 0 unspecified atom stereocenters. The molecule has 1 saturated carbocycles. The molecule has 0 atom stereocenters. The predicted octanol–water partition coefficient (Wildman–Crippen LogP) is 2.25. The second-order valence-corrected chi connectivity index (χ2v) is 4.26. The van der Waals surface area contributed by atoms with Gasteiger partial charge in [-0.3, -0.25) is 9.78 Å². The Morgan fingerprint density at radius 1 is 1.28 bits per heavy atom. The molecule has 0 aliphatic heterocycles. The van der Waals surface area contributed by atoms with Crippen LogP contribution in [0.4, 0.5) is 0 Å². The lowest BCUT2D eigenvalue weighted by Gasteiger charge is -2.05. The van der Waals surface area contributed by atoms with Crippen molar-refractivity contribution in [1.29, 1.82) is 0 Å². The van der Waals surface area contributed by atoms with Gasteiger partial charge >= 0.3 is 0 Å². The first-order valence-electron chi connectivity index (χ1n) is 5.90. The van der Waals surface area contributed by atoms with Gasteiger partial charge in [0.15, 0.2) is 0 Å². The van der Waals surface area contributed by atoms with Crippen LogP contribution in [-0.4, -0.2) is 21.9 Å². The molecule has 0 saturated heterocycles. The number of ketones is 1. The molecule has 1 fully saturated rings. The first kappa shape index (κ1) is 10.9. The van der Waals surface area contributed by atoms with Crippen LogP contribution in [0.2, 0.25) is 0 Å². The second kappa shape index (κ2) is 4.56. The summed E-state index contributed by atoms with van der Waals surface area (Å²) in [5.41, 5.74) is 0.926. The summed E-state index contributed by atoms with van der Waals surface area (Å²) in [6.07, 6.45) is 7.05. The van der Waals surface area contributed by atoms with Crippen LogP contribution in [0.25, 0.3) is 0 Å². The molecule has 0 radical (unpaired) electrons. The van der Waals surface area contributed by atoms with E-state index in [1.165, 1.54) is 12.4 Å². The topological polar surface area (TPSA) is 52.1 Å². The van der Waals surface area contributed by atoms with Gasteiger partial charge in [0.1, 0.15) is 11.4 Å². The number of carbonyl (C=O) groups excluding carboxylic acids is 1. The number of hydrogen-bond acceptors (Lipinski definition) is 4. The lowest BCUT2D eigenvalue weighted by molar-refractivity contribution is 0.103. The molecular formula is C14H12N2O2. The average molecular weight is 240 g/mol. The quantitative estimate of drug-likeness (QED) is 0.769. The zero-order valence-corrected chi connectivity index (χ0v) is 9.74. The van der Waals surface area contributed by atoms with Crippen LogP contribution in [0.3, 0.4) is 0 Å². The van der Waals surface area contributed by atoms with Gasteiger partial charge in [-0.15, -0.1) is 0 Å². The van der Waals surface area contributed by atoms with Crippen molar-refractivity contribution in [3.05, 3.63) is 54.1 Å². The van der Waals surface area contributed by atoms with Crippen LogP contribution >= 0.6 is 0 Å². The molecule has 4 heteroatoms. The van der Waals surface area contributed by atoms with Gasteiger partial charge in [0.05, 0.1) is 12.3 Å². The predicted molar refractivity (Wildman–Crippen MR) is 65.6 cm³/mol. The maximum atomic E-state index is 12.1. The van der Waals surface area contributed by atoms with Crippen LogP contribution in [-0.2, 0) is 0 Å². The molecule has 1 aromatic heterocycles. The molecule has 3 rings (SSSR count). The van der Waals surface area contributed by atoms with Gasteiger partial charge in [-0.25, -0.2) is 4.98 Å². The molecule has 4 nitrogen and oxygen atoms in total. The zero-order chi connectivity index (χ0) is 12.4. The van der Waals surface area contributed by atoms with E-state index >= 15 is 0 Å². The van der Waals surface area contributed by atoms with Gasteiger partial charge in [-0.2, -0.15) is 0 Å². The molecule has 0 bridgehead atoms. The molecule has 18 heavy (non-hydrogen) atoms. The van der Waals surface area contributed by atoms with E-state index < -0.39 is 0 Å². The van der Waals surface area contributed by atoms with E-state index in [0.717, 1.165) is 18.6 Å². The molecule has 2 aromatic rings. The van der Waals surface area contributed by atoms with Crippen molar-refractivity contribution in [3.8, 4) is 5.75 Å². The normalized spacial score (nSPS) is 14.2. The molecule has 0 amide bonds. The Labute approximate surface area is 105 Å². The van der Waals surface area contributed by atoms with E-state index in [0.29, 0.717) is 17.4 Å². The highest BCUT2D eigenvalue weighted by Crippen LogP contribution is 2.27. The van der Waals surface area contributed by atoms with Gasteiger partial charge in [-0.1, -0.05) is 12.1 Å². The van der Waals surface area contributed by atoms with Gasteiger partial charge in [0, 0.05) is 18.0 Å². The van der Waals surface area contributed by atoms with Crippen molar-refractivity contribution in [1.82, 2.24) is 9.97 Å². The lowest BCUT2D eigenvalue weighted by Crippen LogP contribution is -2.05. The largest absolute Gasteiger partial charge is 0.490 e. The first-order valence-corrected chi connectivity index (χ1v) is 5.90. The van der Waals surface area contributed by atoms with E-state index in [9.17, 15) is 4.79 Å². The summed E-state index contributed by atoms with van der Waals surface area (Å²) in [5.74, 6) is 0.608. The van der Waals surface area contributed by atoms with E-state index in [2.05, 4.69) is 9.97 Å². The number of benzene rings is 1. The summed E-state index contributed by atoms with van der Waals surface area (Å²) >= 11 is 0. The second-order valence-electron chi connectivity index (χ2n) is 4.26. The Balaban J connectivity index is 1.84. The summed E-state index contributed by atoms with van der Waals surface area (Å²) in [7, 11) is 0. The minimum Gasteiger partial charge on any atom is -0.490 e. The highest BCUT2D eigenvalue weighted by Gasteiger charge is 2.23. The maximum Gasteiger partial charge on any atom is 0.213 e. The molecule has 1 heterocycles. The fourth-order valence-electron chi connectivity index (χ4n) is 1.65. The summed E-state index contributed by atoms with van der Waals surface area (Å²) in [5, 5.41) is 0. The van der Waals surface area contributed by atoms with Crippen LogP contribution in [0.1, 0.15) is 28.9 Å². The van der Waals surface area contributed by atoms with Crippen molar-refractivity contribution >= 4 is 5.78 Å². The Hall–Kier alpha value is -2.23. The molecule has 1 aliphatic rings. The highest BCUT2D eigenvalue weighted by atomic mass is 16.5. The van der Waals surface area contributed by atoms with E-state index in [4.69, 9.17) is 4.74 Å². The molecular weight excluding hydrogens is 228 g/mol. The van der Waals surface area contributed by atoms with E-state index in [-0.39, 0.29) is 5.78 Å². The van der Waals surface area contributed by atoms with Crippen LogP contribution in [0.5, 0.6) is 5.75 Å². The zero-order valence-electron chi connectivity index (χ0n) is 9.74. The van der Waals surface area contributed by atoms with Crippen molar-refractivity contribution in [2.75, 3.05) is 0 Å². The number of carbonyl (C=O) groups is 1. The third kappa shape index (κ3) is 2.37. The minimum absolute atomic E-state index is 0.135. The Morgan fingerprint density at radius 2 is 2.17 bits per heavy atom. The van der Waals surface area contributed by atoms with Gasteiger partial charge in [-0.05, 0) is 25.0 Å². The third-order valence-electron chi connectivity index (χ3n) is 2.72. The average Bonchev–Trinajstić information content (AvgIpc) is 3.23. The molecule has 0 N–H and O–H groups in total. The van der Waals surface area contributed by atoms with Crippen LogP contribution < -0.4 is 4.74 Å². The number of ether oxygens (including phenoxy) is 1. The molecule has 90 valence electrons. The van der Waals surface area contributed by atoms with Crippen molar-refractivity contribution in [2.24, 2.45) is 0 Å². The minimum atomic E-state index is -0.135. The number of hydrogen-bond donors (Lipinski definition) is 0. The Bertz CT molecular complexity index is 565. The van der Waals surface area contributed by atoms with Gasteiger partial charge in [0.2, 0.25) is 5.78 Å². The fraction of sp³-hybridized carbons (Fsp3) is 0.214. The van der Waals surface area contributed by atoms with Crippen molar-refractivity contribution in [3.63, 3.8) is 0 Å². The van der Waals surface area contributed by atoms with Crippen molar-refractivity contribution in [2.45, 2.75) is 18.9 Å². The first-order chi connectivity index (χ1) is 8.83. The molecule has 1 aromatic carbocycles. The number of rotatable bonds is 4. The maximum absolute atomic E-state index is 12.1. The highest BCUT2D eigenvalue weighted by molar-refractivity contribution is 6.07. The molecule has 0 spiro atoms. The van der Waals surface area contributed by atoms with Crippen molar-refractivity contribution < 1.29 is 9.53 Å². The van der Waals surface area contributed by atoms with Crippen LogP contribution in [0.15, 0.2) is 42.9 Å². The summed E-state index contributed by atoms with van der Waals surface area (Å²) in [4.78, 5) is 20.0. The monoisotopic (exact) mass is 240 g/mol. The van der Waals surface area contributed by atoms with Gasteiger partial charge in [0.25, 0.3) is 0 Å².